The van der Waals surface area contributed by atoms with E-state index in [-0.39, 0.29) is 6.04 Å². The lowest BCUT2D eigenvalue weighted by atomic mass is 10.1. The van der Waals surface area contributed by atoms with Crippen molar-refractivity contribution in [1.82, 2.24) is 0 Å². The summed E-state index contributed by atoms with van der Waals surface area (Å²) in [5.41, 5.74) is 9.70. The Hall–Kier alpha value is -1.74. The summed E-state index contributed by atoms with van der Waals surface area (Å²) in [6.07, 6.45) is 0.907. The van der Waals surface area contributed by atoms with Gasteiger partial charge in [0.2, 0.25) is 0 Å². The van der Waals surface area contributed by atoms with Gasteiger partial charge in [-0.25, -0.2) is 0 Å². The summed E-state index contributed by atoms with van der Waals surface area (Å²) in [5, 5.41) is 0. The van der Waals surface area contributed by atoms with E-state index in [0.29, 0.717) is 6.54 Å². The van der Waals surface area contributed by atoms with Crippen LogP contribution < -0.4 is 10.6 Å². The topological polar surface area (TPSA) is 42.4 Å². The summed E-state index contributed by atoms with van der Waals surface area (Å²) >= 11 is 0. The lowest BCUT2D eigenvalue weighted by molar-refractivity contribution is 0.431. The smallest absolute Gasteiger partial charge is 0.127 e. The fourth-order valence-corrected chi connectivity index (χ4v) is 2.60. The summed E-state index contributed by atoms with van der Waals surface area (Å²) in [6, 6.07) is 10.6. The van der Waals surface area contributed by atoms with Crippen LogP contribution in [0.5, 0.6) is 0 Å². The third kappa shape index (κ3) is 2.88. The van der Waals surface area contributed by atoms with Crippen molar-refractivity contribution >= 4 is 5.69 Å². The molecule has 0 aliphatic carbocycles. The maximum absolute atomic E-state index is 5.97. The molecule has 0 fully saturated rings. The standard InChI is InChI=1S/C17H24N2O/c1-5-14-7-9-17(20-14)16(11-18)19(4)15-8-6-12(2)10-13(15)3/h6-10,16H,5,11,18H2,1-4H3. The predicted octanol–water partition coefficient (Wildman–Crippen LogP) is 3.60. The quantitative estimate of drug-likeness (QED) is 0.904. The van der Waals surface area contributed by atoms with Gasteiger partial charge in [-0.1, -0.05) is 24.6 Å². The number of hydrogen-bond acceptors (Lipinski definition) is 3. The van der Waals surface area contributed by atoms with Crippen LogP contribution in [0.4, 0.5) is 5.69 Å². The molecular weight excluding hydrogens is 248 g/mol. The van der Waals surface area contributed by atoms with Crippen molar-refractivity contribution in [3.8, 4) is 0 Å². The van der Waals surface area contributed by atoms with Crippen LogP contribution in [0.3, 0.4) is 0 Å². The van der Waals surface area contributed by atoms with Crippen molar-refractivity contribution in [2.45, 2.75) is 33.2 Å². The highest BCUT2D eigenvalue weighted by molar-refractivity contribution is 5.55. The molecule has 1 atom stereocenters. The molecule has 108 valence electrons. The van der Waals surface area contributed by atoms with E-state index in [0.717, 1.165) is 17.9 Å². The molecule has 2 aromatic rings. The Morgan fingerprint density at radius 1 is 1.20 bits per heavy atom. The lowest BCUT2D eigenvalue weighted by Crippen LogP contribution is -2.30. The van der Waals surface area contributed by atoms with Gasteiger partial charge >= 0.3 is 0 Å². The molecule has 1 aromatic carbocycles. The van der Waals surface area contributed by atoms with Crippen LogP contribution in [0.25, 0.3) is 0 Å². The highest BCUT2D eigenvalue weighted by Gasteiger charge is 2.20. The maximum atomic E-state index is 5.97. The van der Waals surface area contributed by atoms with Crippen LogP contribution in [-0.4, -0.2) is 13.6 Å². The molecule has 1 aromatic heterocycles. The zero-order chi connectivity index (χ0) is 14.7. The van der Waals surface area contributed by atoms with Crippen molar-refractivity contribution in [2.24, 2.45) is 5.73 Å². The Morgan fingerprint density at radius 3 is 2.50 bits per heavy atom. The Morgan fingerprint density at radius 2 is 1.95 bits per heavy atom. The Labute approximate surface area is 121 Å². The first-order valence-electron chi connectivity index (χ1n) is 7.15. The fraction of sp³-hybridized carbons (Fsp3) is 0.412. The molecule has 0 amide bonds. The molecule has 0 aliphatic heterocycles. The molecule has 0 bridgehead atoms. The molecule has 3 heteroatoms. The van der Waals surface area contributed by atoms with Crippen molar-refractivity contribution in [3.05, 3.63) is 53.0 Å². The first-order valence-corrected chi connectivity index (χ1v) is 7.15. The van der Waals surface area contributed by atoms with Gasteiger partial charge in [0.25, 0.3) is 0 Å². The molecule has 2 rings (SSSR count). The molecule has 2 N–H and O–H groups in total. The van der Waals surface area contributed by atoms with Crippen molar-refractivity contribution in [2.75, 3.05) is 18.5 Å². The Bertz CT molecular complexity index is 574. The van der Waals surface area contributed by atoms with E-state index in [1.54, 1.807) is 0 Å². The van der Waals surface area contributed by atoms with Crippen molar-refractivity contribution in [1.29, 1.82) is 0 Å². The van der Waals surface area contributed by atoms with E-state index in [1.807, 2.05) is 12.1 Å². The summed E-state index contributed by atoms with van der Waals surface area (Å²) in [4.78, 5) is 2.20. The monoisotopic (exact) mass is 272 g/mol. The zero-order valence-electron chi connectivity index (χ0n) is 12.8. The second-order valence-electron chi connectivity index (χ2n) is 5.31. The van der Waals surface area contributed by atoms with E-state index in [2.05, 4.69) is 50.9 Å². The molecule has 20 heavy (non-hydrogen) atoms. The van der Waals surface area contributed by atoms with Gasteiger partial charge in [0.15, 0.2) is 0 Å². The molecule has 0 saturated heterocycles. The molecule has 0 saturated carbocycles. The van der Waals surface area contributed by atoms with Crippen LogP contribution >= 0.6 is 0 Å². The maximum Gasteiger partial charge on any atom is 0.127 e. The van der Waals surface area contributed by atoms with Gasteiger partial charge < -0.3 is 15.1 Å². The minimum absolute atomic E-state index is 0.0664. The van der Waals surface area contributed by atoms with Gasteiger partial charge in [-0.15, -0.1) is 0 Å². The molecule has 0 aliphatic rings. The van der Waals surface area contributed by atoms with Gasteiger partial charge in [0, 0.05) is 25.7 Å². The second-order valence-corrected chi connectivity index (χ2v) is 5.31. The SMILES string of the molecule is CCc1ccc(C(CN)N(C)c2ccc(C)cc2C)o1. The third-order valence-electron chi connectivity index (χ3n) is 3.78. The number of benzene rings is 1. The van der Waals surface area contributed by atoms with Gasteiger partial charge in [-0.3, -0.25) is 0 Å². The number of rotatable bonds is 5. The van der Waals surface area contributed by atoms with Crippen LogP contribution in [-0.2, 0) is 6.42 Å². The van der Waals surface area contributed by atoms with Crippen LogP contribution in [0.2, 0.25) is 0 Å². The molecule has 0 radical (unpaired) electrons. The Balaban J connectivity index is 2.30. The predicted molar refractivity (Wildman–Crippen MR) is 84.2 cm³/mol. The molecule has 1 unspecified atom stereocenters. The van der Waals surface area contributed by atoms with E-state index < -0.39 is 0 Å². The van der Waals surface area contributed by atoms with Gasteiger partial charge in [-0.2, -0.15) is 0 Å². The van der Waals surface area contributed by atoms with Crippen molar-refractivity contribution < 1.29 is 4.42 Å². The summed E-state index contributed by atoms with van der Waals surface area (Å²) in [7, 11) is 2.07. The molecule has 0 spiro atoms. The first-order chi connectivity index (χ1) is 9.56. The van der Waals surface area contributed by atoms with E-state index in [9.17, 15) is 0 Å². The third-order valence-corrected chi connectivity index (χ3v) is 3.78. The second kappa shape index (κ2) is 6.14. The number of hydrogen-bond donors (Lipinski definition) is 1. The lowest BCUT2D eigenvalue weighted by Gasteiger charge is -2.29. The molecule has 3 nitrogen and oxygen atoms in total. The summed E-state index contributed by atoms with van der Waals surface area (Å²) in [5.74, 6) is 1.94. The molecular formula is C17H24N2O. The van der Waals surface area contributed by atoms with E-state index in [1.165, 1.54) is 16.8 Å². The average molecular weight is 272 g/mol. The van der Waals surface area contributed by atoms with Crippen LogP contribution in [0, 0.1) is 13.8 Å². The number of nitrogens with zero attached hydrogens (tertiary/aromatic N) is 1. The highest BCUT2D eigenvalue weighted by Crippen LogP contribution is 2.29. The minimum atomic E-state index is 0.0664. The van der Waals surface area contributed by atoms with Crippen LogP contribution in [0.1, 0.15) is 35.6 Å². The number of nitrogens with two attached hydrogens (primary N) is 1. The van der Waals surface area contributed by atoms with Gasteiger partial charge in [0.1, 0.15) is 11.5 Å². The molecule has 1 heterocycles. The van der Waals surface area contributed by atoms with Crippen LogP contribution in [0.15, 0.2) is 34.7 Å². The first kappa shape index (κ1) is 14.7. The average Bonchev–Trinajstić information content (AvgIpc) is 2.88. The summed E-state index contributed by atoms with van der Waals surface area (Å²) in [6.45, 7) is 6.86. The van der Waals surface area contributed by atoms with Gasteiger partial charge in [0.05, 0.1) is 6.04 Å². The van der Waals surface area contributed by atoms with Gasteiger partial charge in [-0.05, 0) is 37.6 Å². The number of likely N-dealkylation sites (N-methyl/N-ethyl adjacent to an activating group) is 1. The minimum Gasteiger partial charge on any atom is -0.464 e. The number of anilines is 1. The number of furan rings is 1. The number of aryl methyl sites for hydroxylation is 3. The largest absolute Gasteiger partial charge is 0.464 e. The zero-order valence-corrected chi connectivity index (χ0v) is 12.8. The fourth-order valence-electron chi connectivity index (χ4n) is 2.60. The summed E-state index contributed by atoms with van der Waals surface area (Å²) < 4.78 is 5.87. The van der Waals surface area contributed by atoms with Crippen molar-refractivity contribution in [3.63, 3.8) is 0 Å². The Kier molecular flexibility index (Phi) is 4.50. The van der Waals surface area contributed by atoms with E-state index >= 15 is 0 Å². The normalized spacial score (nSPS) is 12.4. The highest BCUT2D eigenvalue weighted by atomic mass is 16.3. The van der Waals surface area contributed by atoms with E-state index in [4.69, 9.17) is 10.2 Å².